The van der Waals surface area contributed by atoms with Crippen molar-refractivity contribution in [1.29, 1.82) is 0 Å². The van der Waals surface area contributed by atoms with E-state index in [0.717, 1.165) is 18.4 Å². The molecule has 2 aromatic carbocycles. The standard InChI is InChI=1S/C27H25N3O4/c1-4-5-15-19(31)30-23-17-13-9-10-14-18(17)24(32)21(23)20(16-11-7-6-8-12-16)22-25(30)28(2)27(34)29(3)26(22)33/h6-14,20H,4-5,15H2,1-3H3/p+2. The smallest absolute Gasteiger partial charge is 0.463 e. The molecule has 1 unspecified atom stereocenters. The summed E-state index contributed by atoms with van der Waals surface area (Å²) in [6.45, 7) is 2.03. The van der Waals surface area contributed by atoms with Crippen LogP contribution in [-0.2, 0) is 14.1 Å². The van der Waals surface area contributed by atoms with Crippen molar-refractivity contribution in [3.63, 3.8) is 0 Å². The van der Waals surface area contributed by atoms with Crippen LogP contribution in [0, 0.1) is 0 Å². The number of ketones is 1. The Labute approximate surface area is 197 Å². The number of Topliss-reactive ketones (excluding diaryl/α,β-unsaturated/α-hetero) is 1. The van der Waals surface area contributed by atoms with Gasteiger partial charge in [-0.3, -0.25) is 9.59 Å². The molecule has 0 fully saturated rings. The molecular weight excluding hydrogens is 430 g/mol. The van der Waals surface area contributed by atoms with Crippen LogP contribution in [0.5, 0.6) is 6.01 Å². The summed E-state index contributed by atoms with van der Waals surface area (Å²) >= 11 is 0. The number of rotatable bonds is 4. The maximum absolute atomic E-state index is 13.8. The number of carbonyl (C=O) groups is 1. The monoisotopic (exact) mass is 457 g/mol. The number of hydrogen-bond acceptors (Lipinski definition) is 3. The second kappa shape index (κ2) is 8.09. The lowest BCUT2D eigenvalue weighted by atomic mass is 9.81. The summed E-state index contributed by atoms with van der Waals surface area (Å²) in [5.41, 5.74) is 3.01. The normalized spacial score (nSPS) is 18.0. The molecule has 0 spiro atoms. The molecule has 7 nitrogen and oxygen atoms in total. The molecule has 7 heteroatoms. The summed E-state index contributed by atoms with van der Waals surface area (Å²) in [6, 6.07) is 16.5. The number of allylic oxidation sites excluding steroid dienone is 1. The zero-order valence-electron chi connectivity index (χ0n) is 19.4. The van der Waals surface area contributed by atoms with E-state index in [4.69, 9.17) is 0 Å². The van der Waals surface area contributed by atoms with E-state index in [2.05, 4.69) is 0 Å². The van der Waals surface area contributed by atoms with Crippen LogP contribution >= 0.6 is 0 Å². The van der Waals surface area contributed by atoms with E-state index in [9.17, 15) is 19.8 Å². The van der Waals surface area contributed by atoms with Gasteiger partial charge in [0.15, 0.2) is 18.4 Å². The lowest BCUT2D eigenvalue weighted by molar-refractivity contribution is -0.719. The first-order valence-corrected chi connectivity index (χ1v) is 11.5. The minimum absolute atomic E-state index is 0.0369. The van der Waals surface area contributed by atoms with Crippen molar-refractivity contribution in [3.8, 4) is 6.01 Å². The molecular formula is C27H27N3O4+2. The highest BCUT2D eigenvalue weighted by Gasteiger charge is 2.55. The molecule has 1 atom stereocenters. The topological polar surface area (TPSA) is 86.4 Å². The third-order valence-electron chi connectivity index (χ3n) is 6.78. The highest BCUT2D eigenvalue weighted by Crippen LogP contribution is 2.49. The summed E-state index contributed by atoms with van der Waals surface area (Å²) in [5, 5.41) is 22.1. The van der Waals surface area contributed by atoms with Crippen molar-refractivity contribution in [1.82, 2.24) is 4.57 Å². The number of unbranched alkanes of at least 4 members (excludes halogenated alkanes) is 1. The van der Waals surface area contributed by atoms with Gasteiger partial charge in [0.25, 0.3) is 5.56 Å². The summed E-state index contributed by atoms with van der Waals surface area (Å²) in [6.07, 6.45) is 1.97. The molecule has 1 aromatic heterocycles. The highest BCUT2D eigenvalue weighted by molar-refractivity contribution is 6.21. The summed E-state index contributed by atoms with van der Waals surface area (Å²) in [4.78, 5) is 27.5. The lowest BCUT2D eigenvalue weighted by Gasteiger charge is -2.22. The van der Waals surface area contributed by atoms with E-state index in [-0.39, 0.29) is 17.7 Å². The minimum atomic E-state index is -0.646. The maximum atomic E-state index is 13.8. The van der Waals surface area contributed by atoms with Crippen LogP contribution in [-0.4, -0.2) is 31.0 Å². The molecule has 2 heterocycles. The van der Waals surface area contributed by atoms with Gasteiger partial charge in [-0.05, 0) is 18.1 Å². The van der Waals surface area contributed by atoms with E-state index < -0.39 is 11.5 Å². The fraction of sp³-hybridized carbons (Fsp3) is 0.259. The molecule has 0 saturated heterocycles. The average Bonchev–Trinajstić information content (AvgIpc) is 3.16. The Bertz CT molecular complexity index is 1470. The predicted molar refractivity (Wildman–Crippen MR) is 128 cm³/mol. The zero-order valence-corrected chi connectivity index (χ0v) is 19.4. The fourth-order valence-electron chi connectivity index (χ4n) is 5.11. The van der Waals surface area contributed by atoms with Crippen molar-refractivity contribution in [3.05, 3.63) is 92.8 Å². The van der Waals surface area contributed by atoms with Crippen LogP contribution in [0.4, 0.5) is 5.82 Å². The SMILES string of the molecule is CCCC/C(O)=[N+]1\C2=C(C(=O)c3ccccc32)C(c2ccccc2)c2c1[n+](C)c(O)n(C)c2=O. The number of nitrogens with zero attached hydrogens (tertiary/aromatic N) is 3. The quantitative estimate of drug-likeness (QED) is 0.464. The molecule has 0 amide bonds. The van der Waals surface area contributed by atoms with Gasteiger partial charge in [0.2, 0.25) is 5.70 Å². The second-order valence-corrected chi connectivity index (χ2v) is 8.80. The van der Waals surface area contributed by atoms with Crippen molar-refractivity contribution in [2.75, 3.05) is 0 Å². The number of aromatic nitrogens is 2. The Morgan fingerprint density at radius 1 is 1.03 bits per heavy atom. The number of benzene rings is 2. The fourth-order valence-corrected chi connectivity index (χ4v) is 5.11. The first kappa shape index (κ1) is 21.8. The Kier molecular flexibility index (Phi) is 5.20. The van der Waals surface area contributed by atoms with Crippen molar-refractivity contribution < 1.29 is 24.2 Å². The number of aliphatic hydroxyl groups excluding tert-OH is 1. The lowest BCUT2D eigenvalue weighted by Crippen LogP contribution is -2.46. The van der Waals surface area contributed by atoms with Gasteiger partial charge >= 0.3 is 17.7 Å². The molecule has 1 aliphatic carbocycles. The van der Waals surface area contributed by atoms with E-state index in [0.29, 0.717) is 40.2 Å². The van der Waals surface area contributed by atoms with Crippen molar-refractivity contribution >= 4 is 23.2 Å². The van der Waals surface area contributed by atoms with Gasteiger partial charge in [0, 0.05) is 12.6 Å². The summed E-state index contributed by atoms with van der Waals surface area (Å²) in [5.74, 6) is -0.399. The molecule has 172 valence electrons. The van der Waals surface area contributed by atoms with Crippen LogP contribution in [0.1, 0.15) is 59.2 Å². The molecule has 0 bridgehead atoms. The van der Waals surface area contributed by atoms with Gasteiger partial charge in [-0.15, -0.1) is 0 Å². The predicted octanol–water partition coefficient (Wildman–Crippen LogP) is 3.46. The van der Waals surface area contributed by atoms with Crippen molar-refractivity contribution in [2.45, 2.75) is 32.1 Å². The highest BCUT2D eigenvalue weighted by atomic mass is 16.3. The average molecular weight is 458 g/mol. The molecule has 0 saturated carbocycles. The number of aromatic hydroxyl groups is 1. The molecule has 2 N–H and O–H groups in total. The number of fused-ring (bicyclic) bond motifs is 3. The Balaban J connectivity index is 1.98. The Morgan fingerprint density at radius 3 is 2.35 bits per heavy atom. The first-order valence-electron chi connectivity index (χ1n) is 11.5. The van der Waals surface area contributed by atoms with Gasteiger partial charge in [-0.2, -0.15) is 0 Å². The molecule has 5 rings (SSSR count). The molecule has 1 aliphatic heterocycles. The van der Waals surface area contributed by atoms with Crippen LogP contribution in [0.3, 0.4) is 0 Å². The largest absolute Gasteiger partial charge is 0.466 e. The van der Waals surface area contributed by atoms with Gasteiger partial charge in [-0.1, -0.05) is 71.0 Å². The third kappa shape index (κ3) is 2.96. The van der Waals surface area contributed by atoms with E-state index in [1.807, 2.05) is 55.5 Å². The van der Waals surface area contributed by atoms with Gasteiger partial charge in [-0.25, -0.2) is 4.57 Å². The summed E-state index contributed by atoms with van der Waals surface area (Å²) in [7, 11) is 3.16. The zero-order chi connectivity index (χ0) is 24.1. The van der Waals surface area contributed by atoms with Crippen LogP contribution in [0.15, 0.2) is 65.0 Å². The van der Waals surface area contributed by atoms with Crippen LogP contribution < -0.4 is 10.1 Å². The van der Waals surface area contributed by atoms with Crippen molar-refractivity contribution in [2.24, 2.45) is 14.1 Å². The maximum Gasteiger partial charge on any atom is 0.466 e. The third-order valence-corrected chi connectivity index (χ3v) is 6.78. The van der Waals surface area contributed by atoms with E-state index >= 15 is 0 Å². The molecule has 3 aromatic rings. The van der Waals surface area contributed by atoms with E-state index in [1.165, 1.54) is 16.2 Å². The van der Waals surface area contributed by atoms with Gasteiger partial charge in [0.1, 0.15) is 0 Å². The van der Waals surface area contributed by atoms with Crippen LogP contribution in [0.25, 0.3) is 5.70 Å². The van der Waals surface area contributed by atoms with Gasteiger partial charge < -0.3 is 10.2 Å². The minimum Gasteiger partial charge on any atom is -0.463 e. The number of hydrogen-bond donors (Lipinski definition) is 2. The Hall–Kier alpha value is -4.00. The summed E-state index contributed by atoms with van der Waals surface area (Å²) < 4.78 is 4.28. The van der Waals surface area contributed by atoms with Gasteiger partial charge in [0.05, 0.1) is 23.5 Å². The number of carbonyl (C=O) groups excluding carboxylic acids is 1. The first-order chi connectivity index (χ1) is 16.4. The number of aliphatic hydroxyl groups is 1. The molecule has 34 heavy (non-hydrogen) atoms. The second-order valence-electron chi connectivity index (χ2n) is 8.80. The van der Waals surface area contributed by atoms with E-state index in [1.54, 1.807) is 17.7 Å². The molecule has 2 aliphatic rings. The van der Waals surface area contributed by atoms with Crippen LogP contribution in [0.2, 0.25) is 0 Å². The Morgan fingerprint density at radius 2 is 1.68 bits per heavy atom. The molecule has 0 radical (unpaired) electrons.